The van der Waals surface area contributed by atoms with Crippen LogP contribution in [-0.2, 0) is 11.3 Å². The van der Waals surface area contributed by atoms with Crippen LogP contribution in [0.4, 0.5) is 0 Å². The minimum absolute atomic E-state index is 0.314. The number of nitrogens with zero attached hydrogens (tertiary/aromatic N) is 1. The Bertz CT molecular complexity index is 378. The molecule has 0 spiro atoms. The summed E-state index contributed by atoms with van der Waals surface area (Å²) in [5.74, 6) is 0.314. The van der Waals surface area contributed by atoms with E-state index in [1.165, 1.54) is 6.42 Å². The number of phenolic OH excluding ortho intramolecular Hbond substituents is 1. The molecule has 0 aromatic heterocycles. The van der Waals surface area contributed by atoms with E-state index in [1.54, 1.807) is 12.1 Å². The Labute approximate surface area is 111 Å². The molecule has 17 heavy (non-hydrogen) atoms. The van der Waals surface area contributed by atoms with Gasteiger partial charge in [-0.2, -0.15) is 0 Å². The van der Waals surface area contributed by atoms with E-state index in [-0.39, 0.29) is 0 Å². The molecular weight excluding hydrogens is 282 g/mol. The van der Waals surface area contributed by atoms with Crippen LogP contribution in [0.15, 0.2) is 22.7 Å². The van der Waals surface area contributed by atoms with Crippen LogP contribution in [0.25, 0.3) is 0 Å². The molecular formula is C13H18BrNO2. The average Bonchev–Trinajstić information content (AvgIpc) is 2.76. The minimum atomic E-state index is 0.314. The van der Waals surface area contributed by atoms with Gasteiger partial charge in [-0.05, 0) is 43.7 Å². The summed E-state index contributed by atoms with van der Waals surface area (Å²) in [6.07, 6.45) is 2.70. The van der Waals surface area contributed by atoms with Crippen LogP contribution >= 0.6 is 15.9 Å². The SMILES string of the molecule is CN(Cc1cc(O)ccc1Br)CC1CCCO1. The fourth-order valence-electron chi connectivity index (χ4n) is 2.17. The molecule has 1 heterocycles. The molecule has 1 N–H and O–H groups in total. The molecule has 0 bridgehead atoms. The quantitative estimate of drug-likeness (QED) is 0.928. The zero-order chi connectivity index (χ0) is 12.3. The number of rotatable bonds is 4. The number of hydrogen-bond acceptors (Lipinski definition) is 3. The molecule has 1 unspecified atom stereocenters. The maximum absolute atomic E-state index is 9.47. The van der Waals surface area contributed by atoms with Gasteiger partial charge in [0, 0.05) is 24.2 Å². The summed E-state index contributed by atoms with van der Waals surface area (Å²) in [6.45, 7) is 2.66. The number of ether oxygens (including phenoxy) is 1. The van der Waals surface area contributed by atoms with Gasteiger partial charge < -0.3 is 9.84 Å². The van der Waals surface area contributed by atoms with Gasteiger partial charge in [-0.3, -0.25) is 4.90 Å². The fourth-order valence-corrected chi connectivity index (χ4v) is 2.55. The Morgan fingerprint density at radius 3 is 3.06 bits per heavy atom. The maximum Gasteiger partial charge on any atom is 0.115 e. The van der Waals surface area contributed by atoms with Crippen molar-refractivity contribution in [2.75, 3.05) is 20.2 Å². The van der Waals surface area contributed by atoms with Crippen molar-refractivity contribution in [3.8, 4) is 5.75 Å². The first kappa shape index (κ1) is 12.9. The molecule has 1 fully saturated rings. The summed E-state index contributed by atoms with van der Waals surface area (Å²) in [6, 6.07) is 5.37. The molecule has 94 valence electrons. The van der Waals surface area contributed by atoms with Crippen molar-refractivity contribution in [1.82, 2.24) is 4.90 Å². The fraction of sp³-hybridized carbons (Fsp3) is 0.538. The van der Waals surface area contributed by atoms with E-state index >= 15 is 0 Å². The van der Waals surface area contributed by atoms with Crippen molar-refractivity contribution in [3.05, 3.63) is 28.2 Å². The minimum Gasteiger partial charge on any atom is -0.508 e. The first-order valence-corrected chi connectivity index (χ1v) is 6.72. The molecule has 0 amide bonds. The zero-order valence-corrected chi connectivity index (χ0v) is 11.6. The number of hydrogen-bond donors (Lipinski definition) is 1. The second-order valence-electron chi connectivity index (χ2n) is 4.61. The van der Waals surface area contributed by atoms with Gasteiger partial charge in [0.2, 0.25) is 0 Å². The summed E-state index contributed by atoms with van der Waals surface area (Å²) in [4.78, 5) is 2.23. The van der Waals surface area contributed by atoms with E-state index in [1.807, 2.05) is 6.07 Å². The molecule has 1 aromatic carbocycles. The Morgan fingerprint density at radius 2 is 2.35 bits per heavy atom. The van der Waals surface area contributed by atoms with Crippen LogP contribution in [-0.4, -0.2) is 36.3 Å². The topological polar surface area (TPSA) is 32.7 Å². The van der Waals surface area contributed by atoms with Crippen molar-refractivity contribution in [1.29, 1.82) is 0 Å². The molecule has 4 heteroatoms. The second-order valence-corrected chi connectivity index (χ2v) is 5.46. The smallest absolute Gasteiger partial charge is 0.115 e. The molecule has 1 atom stereocenters. The lowest BCUT2D eigenvalue weighted by Gasteiger charge is -2.21. The van der Waals surface area contributed by atoms with E-state index in [2.05, 4.69) is 27.9 Å². The van der Waals surface area contributed by atoms with Crippen molar-refractivity contribution in [2.45, 2.75) is 25.5 Å². The summed E-state index contributed by atoms with van der Waals surface area (Å²) < 4.78 is 6.65. The molecule has 0 saturated carbocycles. The Kier molecular flexibility index (Phi) is 4.42. The molecule has 0 radical (unpaired) electrons. The molecule has 1 aromatic rings. The normalized spacial score (nSPS) is 20.1. The molecule has 0 aliphatic carbocycles. The maximum atomic E-state index is 9.47. The Balaban J connectivity index is 1.92. The lowest BCUT2D eigenvalue weighted by Crippen LogP contribution is -2.28. The van der Waals surface area contributed by atoms with Crippen LogP contribution in [0, 0.1) is 0 Å². The van der Waals surface area contributed by atoms with E-state index in [4.69, 9.17) is 4.74 Å². The highest BCUT2D eigenvalue weighted by molar-refractivity contribution is 9.10. The molecule has 1 aliphatic heterocycles. The molecule has 2 rings (SSSR count). The predicted molar refractivity (Wildman–Crippen MR) is 71.1 cm³/mol. The van der Waals surface area contributed by atoms with Gasteiger partial charge in [-0.1, -0.05) is 15.9 Å². The number of aromatic hydroxyl groups is 1. The van der Waals surface area contributed by atoms with Crippen molar-refractivity contribution < 1.29 is 9.84 Å². The highest BCUT2D eigenvalue weighted by Gasteiger charge is 2.17. The number of halogens is 1. The highest BCUT2D eigenvalue weighted by Crippen LogP contribution is 2.23. The number of benzene rings is 1. The third-order valence-corrected chi connectivity index (χ3v) is 3.78. The van der Waals surface area contributed by atoms with Crippen molar-refractivity contribution in [2.24, 2.45) is 0 Å². The predicted octanol–water partition coefficient (Wildman–Crippen LogP) is 2.77. The van der Waals surface area contributed by atoms with Gasteiger partial charge in [0.15, 0.2) is 0 Å². The molecule has 1 aliphatic rings. The third kappa shape index (κ3) is 3.69. The van der Waals surface area contributed by atoms with Gasteiger partial charge in [0.05, 0.1) is 6.10 Å². The molecule has 1 saturated heterocycles. The standard InChI is InChI=1S/C13H18BrNO2/c1-15(9-12-3-2-6-17-12)8-10-7-11(16)4-5-13(10)14/h4-5,7,12,16H,2-3,6,8-9H2,1H3. The molecule has 3 nitrogen and oxygen atoms in total. The van der Waals surface area contributed by atoms with Crippen LogP contribution in [0.1, 0.15) is 18.4 Å². The van der Waals surface area contributed by atoms with E-state index < -0.39 is 0 Å². The third-order valence-electron chi connectivity index (χ3n) is 3.01. The second kappa shape index (κ2) is 5.85. The van der Waals surface area contributed by atoms with Crippen LogP contribution in [0.3, 0.4) is 0 Å². The largest absolute Gasteiger partial charge is 0.508 e. The lowest BCUT2D eigenvalue weighted by atomic mass is 10.2. The first-order valence-electron chi connectivity index (χ1n) is 5.92. The number of phenols is 1. The summed E-state index contributed by atoms with van der Waals surface area (Å²) in [7, 11) is 2.08. The Morgan fingerprint density at radius 1 is 1.53 bits per heavy atom. The summed E-state index contributed by atoms with van der Waals surface area (Å²) in [5, 5.41) is 9.47. The van der Waals surface area contributed by atoms with Gasteiger partial charge in [-0.15, -0.1) is 0 Å². The number of likely N-dealkylation sites (N-methyl/N-ethyl adjacent to an activating group) is 1. The summed E-state index contributed by atoms with van der Waals surface area (Å²) in [5.41, 5.74) is 1.10. The summed E-state index contributed by atoms with van der Waals surface area (Å²) >= 11 is 3.50. The van der Waals surface area contributed by atoms with E-state index in [9.17, 15) is 5.11 Å². The first-order chi connectivity index (χ1) is 8.15. The van der Waals surface area contributed by atoms with Gasteiger partial charge in [-0.25, -0.2) is 0 Å². The van der Waals surface area contributed by atoms with Crippen LogP contribution < -0.4 is 0 Å². The van der Waals surface area contributed by atoms with E-state index in [0.717, 1.165) is 36.2 Å². The van der Waals surface area contributed by atoms with E-state index in [0.29, 0.717) is 11.9 Å². The van der Waals surface area contributed by atoms with Gasteiger partial charge in [0.25, 0.3) is 0 Å². The highest BCUT2D eigenvalue weighted by atomic mass is 79.9. The van der Waals surface area contributed by atoms with Crippen LogP contribution in [0.5, 0.6) is 5.75 Å². The van der Waals surface area contributed by atoms with Gasteiger partial charge >= 0.3 is 0 Å². The zero-order valence-electron chi connectivity index (χ0n) is 10.0. The van der Waals surface area contributed by atoms with Crippen molar-refractivity contribution >= 4 is 15.9 Å². The van der Waals surface area contributed by atoms with Crippen molar-refractivity contribution in [3.63, 3.8) is 0 Å². The van der Waals surface area contributed by atoms with Crippen LogP contribution in [0.2, 0.25) is 0 Å². The monoisotopic (exact) mass is 299 g/mol. The average molecular weight is 300 g/mol. The Hall–Kier alpha value is -0.580. The lowest BCUT2D eigenvalue weighted by molar-refractivity contribution is 0.0792. The van der Waals surface area contributed by atoms with Gasteiger partial charge in [0.1, 0.15) is 5.75 Å².